The van der Waals surface area contributed by atoms with E-state index in [1.165, 1.54) is 100 Å². The van der Waals surface area contributed by atoms with Crippen molar-refractivity contribution in [2.24, 2.45) is 0 Å². The minimum Gasteiger partial charge on any atom is -0.456 e. The Kier molecular flexibility index (Phi) is 9.20. The van der Waals surface area contributed by atoms with Crippen LogP contribution in [0.15, 0.2) is 290 Å². The fraction of sp³-hybridized carbons (Fsp3) is 0.0270. The first-order valence-electron chi connectivity index (χ1n) is 26.4. The monoisotopic (exact) mass is 965 g/mol. The highest BCUT2D eigenvalue weighted by Crippen LogP contribution is 2.66. The molecule has 0 saturated carbocycles. The van der Waals surface area contributed by atoms with Crippen molar-refractivity contribution in [2.75, 3.05) is 4.90 Å². The molecule has 0 amide bonds. The Morgan fingerprint density at radius 2 is 0.658 bits per heavy atom. The van der Waals surface area contributed by atoms with Crippen molar-refractivity contribution >= 4 is 39.0 Å². The van der Waals surface area contributed by atoms with Gasteiger partial charge in [-0.2, -0.15) is 0 Å². The average molecular weight is 966 g/mol. The van der Waals surface area contributed by atoms with Crippen LogP contribution in [0.3, 0.4) is 0 Å². The SMILES string of the molecule is c1ccc(-c2ccccc2C2(c3ccccc3-c3ccccc3)c3ccccc3-c3cc(N(c4cccc5c4-c4ccccc4C54c5ccccc5-c5ccccc54)c4cccc5oc6ccccc6c45)ccc32)cc1. The molecule has 354 valence electrons. The van der Waals surface area contributed by atoms with Crippen molar-refractivity contribution in [1.82, 2.24) is 0 Å². The first kappa shape index (κ1) is 42.7. The molecule has 0 unspecified atom stereocenters. The molecule has 12 aromatic carbocycles. The summed E-state index contributed by atoms with van der Waals surface area (Å²) in [7, 11) is 0. The van der Waals surface area contributed by atoms with E-state index in [2.05, 4.69) is 290 Å². The summed E-state index contributed by atoms with van der Waals surface area (Å²) in [5.41, 5.74) is 26.3. The van der Waals surface area contributed by atoms with Gasteiger partial charge in [-0.15, -0.1) is 0 Å². The lowest BCUT2D eigenvalue weighted by atomic mass is 9.64. The van der Waals surface area contributed by atoms with Gasteiger partial charge in [-0.05, 0) is 131 Å². The predicted octanol–water partition coefficient (Wildman–Crippen LogP) is 19.1. The van der Waals surface area contributed by atoms with E-state index in [0.717, 1.165) is 39.0 Å². The minimum absolute atomic E-state index is 0.510. The van der Waals surface area contributed by atoms with Crippen molar-refractivity contribution in [3.63, 3.8) is 0 Å². The van der Waals surface area contributed by atoms with Crippen molar-refractivity contribution in [1.29, 1.82) is 0 Å². The van der Waals surface area contributed by atoms with Crippen LogP contribution in [0.1, 0.15) is 44.5 Å². The number of anilines is 3. The third kappa shape index (κ3) is 5.70. The highest BCUT2D eigenvalue weighted by molar-refractivity contribution is 6.14. The van der Waals surface area contributed by atoms with E-state index < -0.39 is 10.8 Å². The molecule has 76 heavy (non-hydrogen) atoms. The van der Waals surface area contributed by atoms with Crippen LogP contribution in [-0.4, -0.2) is 0 Å². The second-order valence-corrected chi connectivity index (χ2v) is 20.5. The lowest BCUT2D eigenvalue weighted by Crippen LogP contribution is -2.30. The first-order valence-corrected chi connectivity index (χ1v) is 26.4. The predicted molar refractivity (Wildman–Crippen MR) is 313 cm³/mol. The molecule has 13 aromatic rings. The fourth-order valence-corrected chi connectivity index (χ4v) is 14.2. The molecule has 2 nitrogen and oxygen atoms in total. The number of hydrogen-bond acceptors (Lipinski definition) is 2. The average Bonchev–Trinajstić information content (AvgIpc) is 4.30. The summed E-state index contributed by atoms with van der Waals surface area (Å²) in [5.74, 6) is 0. The molecule has 0 radical (unpaired) electrons. The maximum Gasteiger partial charge on any atom is 0.137 e. The number of hydrogen-bond donors (Lipinski definition) is 0. The molecule has 2 heteroatoms. The zero-order valence-corrected chi connectivity index (χ0v) is 41.5. The van der Waals surface area contributed by atoms with Gasteiger partial charge in [-0.3, -0.25) is 0 Å². The van der Waals surface area contributed by atoms with Crippen LogP contribution < -0.4 is 4.90 Å². The van der Waals surface area contributed by atoms with E-state index in [1.807, 2.05) is 0 Å². The van der Waals surface area contributed by atoms with Crippen LogP contribution >= 0.6 is 0 Å². The Hall–Kier alpha value is -9.76. The van der Waals surface area contributed by atoms with Crippen molar-refractivity contribution < 1.29 is 4.42 Å². The van der Waals surface area contributed by atoms with Crippen molar-refractivity contribution in [3.05, 3.63) is 330 Å². The Balaban J connectivity index is 1.02. The molecule has 0 bridgehead atoms. The van der Waals surface area contributed by atoms with Gasteiger partial charge >= 0.3 is 0 Å². The minimum atomic E-state index is -0.711. The fourth-order valence-electron chi connectivity index (χ4n) is 14.2. The molecule has 0 saturated heterocycles. The number of para-hydroxylation sites is 1. The third-order valence-corrected chi connectivity index (χ3v) is 17.0. The zero-order chi connectivity index (χ0) is 50.0. The summed E-state index contributed by atoms with van der Waals surface area (Å²) in [6.07, 6.45) is 0. The highest BCUT2D eigenvalue weighted by atomic mass is 16.3. The molecule has 0 N–H and O–H groups in total. The van der Waals surface area contributed by atoms with Crippen molar-refractivity contribution in [3.8, 4) is 55.6 Å². The van der Waals surface area contributed by atoms with Gasteiger partial charge in [-0.25, -0.2) is 0 Å². The molecule has 1 spiro atoms. The highest BCUT2D eigenvalue weighted by Gasteiger charge is 2.53. The van der Waals surface area contributed by atoms with Crippen LogP contribution in [0, 0.1) is 0 Å². The summed E-state index contributed by atoms with van der Waals surface area (Å²) in [6, 6.07) is 106. The van der Waals surface area contributed by atoms with Crippen LogP contribution in [0.5, 0.6) is 0 Å². The smallest absolute Gasteiger partial charge is 0.137 e. The maximum atomic E-state index is 6.73. The van der Waals surface area contributed by atoms with Gasteiger partial charge < -0.3 is 9.32 Å². The summed E-state index contributed by atoms with van der Waals surface area (Å²) >= 11 is 0. The lowest BCUT2D eigenvalue weighted by molar-refractivity contribution is 0.669. The molecule has 0 atom stereocenters. The summed E-state index contributed by atoms with van der Waals surface area (Å²) < 4.78 is 6.73. The van der Waals surface area contributed by atoms with Crippen LogP contribution in [0.4, 0.5) is 17.1 Å². The summed E-state index contributed by atoms with van der Waals surface area (Å²) in [6.45, 7) is 0. The lowest BCUT2D eigenvalue weighted by Gasteiger charge is -2.37. The second-order valence-electron chi connectivity index (χ2n) is 20.5. The quantitative estimate of drug-likeness (QED) is 0.158. The van der Waals surface area contributed by atoms with E-state index in [9.17, 15) is 0 Å². The molecule has 1 aromatic heterocycles. The largest absolute Gasteiger partial charge is 0.456 e. The Morgan fingerprint density at radius 1 is 0.263 bits per heavy atom. The van der Waals surface area contributed by atoms with E-state index in [-0.39, 0.29) is 0 Å². The van der Waals surface area contributed by atoms with Gasteiger partial charge in [-0.1, -0.05) is 249 Å². The van der Waals surface area contributed by atoms with Crippen LogP contribution in [0.25, 0.3) is 77.6 Å². The van der Waals surface area contributed by atoms with E-state index in [0.29, 0.717) is 0 Å². The molecular formula is C74H47NO. The number of furan rings is 1. The molecule has 0 fully saturated rings. The van der Waals surface area contributed by atoms with E-state index in [4.69, 9.17) is 4.42 Å². The van der Waals surface area contributed by atoms with Crippen LogP contribution in [0.2, 0.25) is 0 Å². The van der Waals surface area contributed by atoms with E-state index >= 15 is 0 Å². The maximum absolute atomic E-state index is 6.73. The third-order valence-electron chi connectivity index (χ3n) is 17.0. The molecule has 3 aliphatic rings. The van der Waals surface area contributed by atoms with Crippen LogP contribution in [-0.2, 0) is 10.8 Å². The Morgan fingerprint density at radius 3 is 1.25 bits per heavy atom. The van der Waals surface area contributed by atoms with Crippen molar-refractivity contribution in [2.45, 2.75) is 10.8 Å². The zero-order valence-electron chi connectivity index (χ0n) is 41.5. The van der Waals surface area contributed by atoms with Gasteiger partial charge in [0.15, 0.2) is 0 Å². The number of rotatable bonds is 7. The molecule has 16 rings (SSSR count). The molecule has 0 aliphatic heterocycles. The van der Waals surface area contributed by atoms with Gasteiger partial charge in [0, 0.05) is 16.6 Å². The number of benzene rings is 12. The Bertz CT molecular complexity index is 4360. The summed E-state index contributed by atoms with van der Waals surface area (Å²) in [4.78, 5) is 2.55. The number of fused-ring (bicyclic) bond motifs is 16. The standard InChI is InChI=1S/C74H47NO/c1-3-23-48(24-4-1)51-27-7-14-34-59(51)73(60-35-15-8-28-52(60)49-25-5-2-6-26-49)63-38-18-11-31-55(63)58-47-50(45-46-65(58)73)75(68-42-22-44-70-72(68)57-33-13-20-43-69(57)76-70)67-41-21-40-66-71(67)56-32-12-19-39-64(56)74(66)61-36-16-9-29-53(61)54-30-10-17-37-62(54)74/h1-47H. The Labute approximate surface area is 442 Å². The van der Waals surface area contributed by atoms with Gasteiger partial charge in [0.25, 0.3) is 0 Å². The van der Waals surface area contributed by atoms with Gasteiger partial charge in [0.2, 0.25) is 0 Å². The number of nitrogens with zero attached hydrogens (tertiary/aromatic N) is 1. The first-order chi connectivity index (χ1) is 37.7. The topological polar surface area (TPSA) is 16.4 Å². The van der Waals surface area contributed by atoms with Gasteiger partial charge in [0.1, 0.15) is 11.2 Å². The van der Waals surface area contributed by atoms with E-state index in [1.54, 1.807) is 0 Å². The van der Waals surface area contributed by atoms with Gasteiger partial charge in [0.05, 0.1) is 27.6 Å². The second kappa shape index (κ2) is 16.4. The molecule has 1 heterocycles. The normalized spacial score (nSPS) is 13.7. The summed E-state index contributed by atoms with van der Waals surface area (Å²) in [5, 5.41) is 2.17. The molecule has 3 aliphatic carbocycles. The molecular weight excluding hydrogens is 919 g/mol.